The maximum Gasteiger partial charge on any atom is 0.308 e. The molecular weight excluding hydrogens is 458 g/mol. The summed E-state index contributed by atoms with van der Waals surface area (Å²) < 4.78 is 7.26. The van der Waals surface area contributed by atoms with Crippen LogP contribution in [0.5, 0.6) is 0 Å². The molecule has 1 aromatic carbocycles. The number of anilines is 1. The largest absolute Gasteiger partial charge is 0.469 e. The number of carbonyl (C=O) groups excluding carboxylic acids is 3. The van der Waals surface area contributed by atoms with Crippen LogP contribution in [0.25, 0.3) is 0 Å². The van der Waals surface area contributed by atoms with Gasteiger partial charge in [-0.1, -0.05) is 35.1 Å². The fraction of sp³-hybridized carbons (Fsp3) is 0.429. The molecule has 2 aromatic rings. The molecule has 3 unspecified atom stereocenters. The lowest BCUT2D eigenvalue weighted by atomic mass is 9.76. The number of nitrogens with one attached hydrogen (secondary N) is 2. The van der Waals surface area contributed by atoms with Crippen molar-refractivity contribution in [2.24, 2.45) is 11.8 Å². The molecule has 164 valence electrons. The van der Waals surface area contributed by atoms with Gasteiger partial charge in [-0.3, -0.25) is 14.4 Å². The van der Waals surface area contributed by atoms with E-state index in [4.69, 9.17) is 28.6 Å². The molecule has 1 fully saturated rings. The Morgan fingerprint density at radius 2 is 2.06 bits per heavy atom. The van der Waals surface area contributed by atoms with Crippen molar-refractivity contribution in [3.05, 3.63) is 43.7 Å². The Morgan fingerprint density at radius 3 is 2.77 bits per heavy atom. The summed E-state index contributed by atoms with van der Waals surface area (Å²) in [6.45, 7) is 0.439. The number of hydrogen-bond acceptors (Lipinski definition) is 6. The van der Waals surface area contributed by atoms with Crippen LogP contribution < -0.4 is 10.6 Å². The van der Waals surface area contributed by atoms with E-state index < -0.39 is 0 Å². The summed E-state index contributed by atoms with van der Waals surface area (Å²) in [5.41, 5.74) is 1.06. The molecule has 0 radical (unpaired) electrons. The van der Waals surface area contributed by atoms with E-state index in [1.54, 1.807) is 0 Å². The molecule has 2 N–H and O–H groups in total. The highest BCUT2D eigenvalue weighted by Gasteiger charge is 2.44. The highest BCUT2D eigenvalue weighted by atomic mass is 35.5. The molecule has 31 heavy (non-hydrogen) atoms. The number of carbonyl (C=O) groups is 3. The lowest BCUT2D eigenvalue weighted by molar-refractivity contribution is -0.148. The third kappa shape index (κ3) is 4.40. The number of amides is 2. The molecule has 0 saturated heterocycles. The monoisotopic (exact) mass is 479 g/mol. The molecular formula is C21H22ClN3O4S2. The van der Waals surface area contributed by atoms with Crippen LogP contribution in [0, 0.1) is 15.8 Å². The van der Waals surface area contributed by atoms with E-state index in [-0.39, 0.29) is 35.7 Å². The number of thiazole rings is 1. The average Bonchev–Trinajstić information content (AvgIpc) is 3.10. The fourth-order valence-corrected chi connectivity index (χ4v) is 5.85. The Hall–Kier alpha value is -2.23. The first kappa shape index (κ1) is 22.0. The van der Waals surface area contributed by atoms with Gasteiger partial charge in [-0.25, -0.2) is 0 Å². The van der Waals surface area contributed by atoms with Crippen molar-refractivity contribution < 1.29 is 19.1 Å². The Morgan fingerprint density at radius 1 is 1.32 bits per heavy atom. The van der Waals surface area contributed by atoms with Gasteiger partial charge in [0, 0.05) is 17.6 Å². The van der Waals surface area contributed by atoms with Crippen molar-refractivity contribution in [3.8, 4) is 0 Å². The van der Waals surface area contributed by atoms with Crippen LogP contribution in [0.2, 0.25) is 5.02 Å². The van der Waals surface area contributed by atoms with Crippen molar-refractivity contribution in [3.63, 3.8) is 0 Å². The van der Waals surface area contributed by atoms with Gasteiger partial charge in [0.15, 0.2) is 3.95 Å². The van der Waals surface area contributed by atoms with Gasteiger partial charge < -0.3 is 19.9 Å². The maximum atomic E-state index is 12.9. The zero-order valence-corrected chi connectivity index (χ0v) is 19.2. The van der Waals surface area contributed by atoms with E-state index in [2.05, 4.69) is 10.6 Å². The molecule has 2 aliphatic rings. The first-order valence-corrected chi connectivity index (χ1v) is 11.7. The van der Waals surface area contributed by atoms with Gasteiger partial charge in [-0.2, -0.15) is 0 Å². The number of rotatable bonds is 5. The molecule has 2 amide bonds. The Bertz CT molecular complexity index is 1080. The van der Waals surface area contributed by atoms with Crippen LogP contribution in [0.3, 0.4) is 0 Å². The normalized spacial score (nSPS) is 22.1. The number of aromatic nitrogens is 1. The van der Waals surface area contributed by atoms with Crippen LogP contribution in [0.1, 0.15) is 40.5 Å². The Balaban J connectivity index is 1.52. The fourth-order valence-electron chi connectivity index (χ4n) is 4.34. The summed E-state index contributed by atoms with van der Waals surface area (Å²) in [5, 5.41) is 6.45. The average molecular weight is 480 g/mol. The zero-order chi connectivity index (χ0) is 22.1. The van der Waals surface area contributed by atoms with Gasteiger partial charge >= 0.3 is 5.97 Å². The predicted octanol–water partition coefficient (Wildman–Crippen LogP) is 3.99. The molecule has 2 heterocycles. The van der Waals surface area contributed by atoms with Gasteiger partial charge in [0.25, 0.3) is 5.91 Å². The molecule has 1 aliphatic carbocycles. The first-order chi connectivity index (χ1) is 14.9. The van der Waals surface area contributed by atoms with Crippen LogP contribution in [-0.2, 0) is 20.7 Å². The molecule has 4 rings (SSSR count). The lowest BCUT2D eigenvalue weighted by Gasteiger charge is -2.39. The topological polar surface area (TPSA) is 89.4 Å². The minimum atomic E-state index is -0.280. The third-order valence-electron chi connectivity index (χ3n) is 5.92. The Labute approximate surface area is 193 Å². The molecule has 3 atom stereocenters. The molecule has 0 bridgehead atoms. The van der Waals surface area contributed by atoms with Crippen LogP contribution in [0.15, 0.2) is 24.3 Å². The van der Waals surface area contributed by atoms with Crippen LogP contribution >= 0.6 is 35.2 Å². The van der Waals surface area contributed by atoms with E-state index in [0.717, 1.165) is 5.56 Å². The number of hydrogen-bond donors (Lipinski definition) is 2. The summed E-state index contributed by atoms with van der Waals surface area (Å²) in [6, 6.07) is 7.21. The van der Waals surface area contributed by atoms with E-state index in [0.29, 0.717) is 51.9 Å². The van der Waals surface area contributed by atoms with Gasteiger partial charge in [0.2, 0.25) is 5.91 Å². The minimum Gasteiger partial charge on any atom is -0.469 e. The van der Waals surface area contributed by atoms with Crippen molar-refractivity contribution in [2.75, 3.05) is 19.0 Å². The number of halogens is 1. The highest BCUT2D eigenvalue weighted by molar-refractivity contribution is 7.73. The van der Waals surface area contributed by atoms with E-state index in [1.165, 1.54) is 18.4 Å². The second kappa shape index (κ2) is 9.10. The zero-order valence-electron chi connectivity index (χ0n) is 16.9. The molecule has 0 spiro atoms. The van der Waals surface area contributed by atoms with E-state index >= 15 is 0 Å². The smallest absolute Gasteiger partial charge is 0.308 e. The standard InChI is InChI=1S/C21H22ClN3O4S2/c1-29-20(28)12-4-7-14-15(10-12)25-17(24-18(14)26)16(31-21(25)30)19(27)23-9-8-11-2-5-13(22)6-3-11/h2-3,5-6,12,14-15H,4,7-10H2,1H3,(H,23,27)(H,24,26). The highest BCUT2D eigenvalue weighted by Crippen LogP contribution is 2.45. The van der Waals surface area contributed by atoms with E-state index in [1.807, 2.05) is 28.8 Å². The predicted molar refractivity (Wildman–Crippen MR) is 121 cm³/mol. The molecule has 1 saturated carbocycles. The third-order valence-corrected chi connectivity index (χ3v) is 7.57. The van der Waals surface area contributed by atoms with Crippen molar-refractivity contribution in [2.45, 2.75) is 31.7 Å². The van der Waals surface area contributed by atoms with Crippen LogP contribution in [0.4, 0.5) is 5.82 Å². The van der Waals surface area contributed by atoms with E-state index in [9.17, 15) is 14.4 Å². The van der Waals surface area contributed by atoms with Gasteiger partial charge in [-0.05, 0) is 55.6 Å². The minimum absolute atomic E-state index is 0.128. The van der Waals surface area contributed by atoms with Gasteiger partial charge in [0.05, 0.1) is 18.9 Å². The van der Waals surface area contributed by atoms with Gasteiger partial charge in [-0.15, -0.1) is 0 Å². The number of fused-ring (bicyclic) bond motifs is 3. The number of benzene rings is 1. The summed E-state index contributed by atoms with van der Waals surface area (Å²) in [7, 11) is 1.37. The molecule has 1 aromatic heterocycles. The second-order valence-corrected chi connectivity index (χ2v) is 9.82. The molecule has 10 heteroatoms. The number of methoxy groups -OCH3 is 1. The summed E-state index contributed by atoms with van der Waals surface area (Å²) in [6.07, 6.45) is 2.31. The van der Waals surface area contributed by atoms with Crippen molar-refractivity contribution in [1.29, 1.82) is 0 Å². The quantitative estimate of drug-likeness (QED) is 0.500. The summed E-state index contributed by atoms with van der Waals surface area (Å²) in [5.74, 6) is -0.795. The molecule has 7 nitrogen and oxygen atoms in total. The van der Waals surface area contributed by atoms with Crippen LogP contribution in [-0.4, -0.2) is 36.0 Å². The maximum absolute atomic E-state index is 12.9. The number of nitrogens with zero attached hydrogens (tertiary/aromatic N) is 1. The first-order valence-electron chi connectivity index (χ1n) is 10.1. The van der Waals surface area contributed by atoms with Crippen molar-refractivity contribution in [1.82, 2.24) is 9.88 Å². The van der Waals surface area contributed by atoms with Gasteiger partial charge in [0.1, 0.15) is 10.7 Å². The second-order valence-electron chi connectivity index (χ2n) is 7.74. The number of ether oxygens (including phenoxy) is 1. The lowest BCUT2D eigenvalue weighted by Crippen LogP contribution is -2.43. The SMILES string of the molecule is COC(=O)C1CCC2C(=O)Nc3c(C(=O)NCCc4ccc(Cl)cc4)sc(=S)n3C2C1. The summed E-state index contributed by atoms with van der Waals surface area (Å²) >= 11 is 12.6. The number of esters is 1. The summed E-state index contributed by atoms with van der Waals surface area (Å²) in [4.78, 5) is 38.0. The van der Waals surface area contributed by atoms with Crippen molar-refractivity contribution >= 4 is 58.8 Å². The molecule has 1 aliphatic heterocycles. The Kier molecular flexibility index (Phi) is 6.45.